The molecule has 88 valence electrons. The van der Waals surface area contributed by atoms with E-state index < -0.39 is 0 Å². The van der Waals surface area contributed by atoms with Crippen LogP contribution < -0.4 is 16.2 Å². The van der Waals surface area contributed by atoms with Gasteiger partial charge in [-0.1, -0.05) is 11.6 Å². The van der Waals surface area contributed by atoms with E-state index in [0.29, 0.717) is 11.0 Å². The Labute approximate surface area is 99.4 Å². The Bertz CT molecular complexity index is 363. The molecule has 2 heterocycles. The van der Waals surface area contributed by atoms with Crippen molar-refractivity contribution in [1.82, 2.24) is 14.9 Å². The van der Waals surface area contributed by atoms with Gasteiger partial charge in [0.2, 0.25) is 5.95 Å². The Hall–Kier alpha value is -1.11. The summed E-state index contributed by atoms with van der Waals surface area (Å²) in [7, 11) is 2.10. The highest BCUT2D eigenvalue weighted by molar-refractivity contribution is 6.32. The summed E-state index contributed by atoms with van der Waals surface area (Å²) in [5.74, 6) is 6.41. The molecule has 0 saturated carbocycles. The lowest BCUT2D eigenvalue weighted by Crippen LogP contribution is -2.45. The van der Waals surface area contributed by atoms with E-state index in [9.17, 15) is 0 Å². The largest absolute Gasteiger partial charge is 0.353 e. The lowest BCUT2D eigenvalue weighted by atomic mass is 10.3. The maximum absolute atomic E-state index is 6.07. The van der Waals surface area contributed by atoms with Crippen LogP contribution >= 0.6 is 11.6 Å². The number of hydrogen-bond acceptors (Lipinski definition) is 6. The highest BCUT2D eigenvalue weighted by Gasteiger charge is 2.18. The van der Waals surface area contributed by atoms with Gasteiger partial charge in [0.15, 0.2) is 5.82 Å². The quantitative estimate of drug-likeness (QED) is 0.569. The van der Waals surface area contributed by atoms with Crippen LogP contribution in [0.3, 0.4) is 0 Å². The summed E-state index contributed by atoms with van der Waals surface area (Å²) in [5, 5.41) is 0.559. The standard InChI is InChI=1S/C9H15ClN6/c1-15-2-4-16(5-3-15)8-7(10)6-12-9(13-8)14-11/h6H,2-5,11H2,1H3,(H,12,13,14). The average Bonchev–Trinajstić information content (AvgIpc) is 2.31. The number of aromatic nitrogens is 2. The number of hydrazine groups is 1. The smallest absolute Gasteiger partial charge is 0.239 e. The van der Waals surface area contributed by atoms with Gasteiger partial charge in [0.25, 0.3) is 0 Å². The molecule has 1 fully saturated rings. The first kappa shape index (κ1) is 11.4. The highest BCUT2D eigenvalue weighted by Crippen LogP contribution is 2.24. The van der Waals surface area contributed by atoms with Crippen LogP contribution in [0.15, 0.2) is 6.20 Å². The lowest BCUT2D eigenvalue weighted by Gasteiger charge is -2.33. The number of nitrogens with two attached hydrogens (primary N) is 1. The first-order chi connectivity index (χ1) is 7.70. The first-order valence-corrected chi connectivity index (χ1v) is 5.51. The first-order valence-electron chi connectivity index (χ1n) is 5.13. The molecule has 0 amide bonds. The molecule has 16 heavy (non-hydrogen) atoms. The van der Waals surface area contributed by atoms with Crippen LogP contribution in [0.5, 0.6) is 0 Å². The SMILES string of the molecule is CN1CCN(c2nc(NN)ncc2Cl)CC1. The van der Waals surface area contributed by atoms with Gasteiger partial charge in [-0.05, 0) is 7.05 Å². The second-order valence-electron chi connectivity index (χ2n) is 3.80. The summed E-state index contributed by atoms with van der Waals surface area (Å²) in [6, 6.07) is 0. The number of piperazine rings is 1. The predicted molar refractivity (Wildman–Crippen MR) is 64.6 cm³/mol. The summed E-state index contributed by atoms with van der Waals surface area (Å²) in [6.07, 6.45) is 1.57. The van der Waals surface area contributed by atoms with Crippen molar-refractivity contribution >= 4 is 23.4 Å². The minimum Gasteiger partial charge on any atom is -0.353 e. The van der Waals surface area contributed by atoms with Crippen LogP contribution in [0, 0.1) is 0 Å². The fourth-order valence-corrected chi connectivity index (χ4v) is 1.88. The number of halogens is 1. The van der Waals surface area contributed by atoms with E-state index >= 15 is 0 Å². The van der Waals surface area contributed by atoms with Gasteiger partial charge in [-0.25, -0.2) is 10.8 Å². The zero-order valence-electron chi connectivity index (χ0n) is 9.15. The molecule has 0 unspecified atom stereocenters. The van der Waals surface area contributed by atoms with Crippen LogP contribution in [0.2, 0.25) is 5.02 Å². The van der Waals surface area contributed by atoms with Crippen LogP contribution in [0.25, 0.3) is 0 Å². The number of hydrogen-bond donors (Lipinski definition) is 2. The van der Waals surface area contributed by atoms with Crippen LogP contribution in [-0.2, 0) is 0 Å². The van der Waals surface area contributed by atoms with E-state index in [-0.39, 0.29) is 0 Å². The summed E-state index contributed by atoms with van der Waals surface area (Å²) >= 11 is 6.07. The van der Waals surface area contributed by atoms with Gasteiger partial charge in [-0.2, -0.15) is 4.98 Å². The molecule has 2 rings (SSSR count). The van der Waals surface area contributed by atoms with Crippen LogP contribution in [0.1, 0.15) is 0 Å². The van der Waals surface area contributed by atoms with Gasteiger partial charge in [0, 0.05) is 26.2 Å². The molecule has 0 spiro atoms. The predicted octanol–water partition coefficient (Wildman–Crippen LogP) is 0.167. The van der Waals surface area contributed by atoms with Gasteiger partial charge >= 0.3 is 0 Å². The average molecular weight is 243 g/mol. The zero-order chi connectivity index (χ0) is 11.5. The second kappa shape index (κ2) is 4.82. The van der Waals surface area contributed by atoms with Crippen molar-refractivity contribution < 1.29 is 0 Å². The van der Waals surface area contributed by atoms with Gasteiger partial charge in [-0.3, -0.25) is 5.43 Å². The Balaban J connectivity index is 2.19. The molecule has 3 N–H and O–H groups in total. The minimum atomic E-state index is 0.387. The van der Waals surface area contributed by atoms with Crippen molar-refractivity contribution in [3.63, 3.8) is 0 Å². The maximum Gasteiger partial charge on any atom is 0.239 e. The molecule has 1 aliphatic rings. The van der Waals surface area contributed by atoms with Gasteiger partial charge in [-0.15, -0.1) is 0 Å². The molecule has 1 aromatic heterocycles. The second-order valence-corrected chi connectivity index (χ2v) is 4.21. The Morgan fingerprint density at radius 3 is 2.69 bits per heavy atom. The maximum atomic E-state index is 6.07. The van der Waals surface area contributed by atoms with Gasteiger partial charge in [0.05, 0.1) is 6.20 Å². The van der Waals surface area contributed by atoms with E-state index in [4.69, 9.17) is 17.4 Å². The van der Waals surface area contributed by atoms with Crippen molar-refractivity contribution in [2.75, 3.05) is 43.6 Å². The molecule has 0 bridgehead atoms. The molecule has 0 atom stereocenters. The van der Waals surface area contributed by atoms with Crippen LogP contribution in [-0.4, -0.2) is 48.1 Å². The van der Waals surface area contributed by atoms with E-state index in [1.165, 1.54) is 0 Å². The fourth-order valence-electron chi connectivity index (χ4n) is 1.67. The molecule has 1 aromatic rings. The minimum absolute atomic E-state index is 0.387. The number of anilines is 2. The molecular weight excluding hydrogens is 228 g/mol. The molecule has 6 nitrogen and oxygen atoms in total. The number of nitrogens with zero attached hydrogens (tertiary/aromatic N) is 4. The topological polar surface area (TPSA) is 70.3 Å². The zero-order valence-corrected chi connectivity index (χ0v) is 9.91. The van der Waals surface area contributed by atoms with E-state index in [2.05, 4.69) is 32.2 Å². The van der Waals surface area contributed by atoms with E-state index in [1.54, 1.807) is 6.20 Å². The van der Waals surface area contributed by atoms with E-state index in [1.807, 2.05) is 0 Å². The third-order valence-corrected chi connectivity index (χ3v) is 2.92. The lowest BCUT2D eigenvalue weighted by molar-refractivity contribution is 0.312. The molecule has 7 heteroatoms. The number of likely N-dealkylation sites (N-methyl/N-ethyl adjacent to an activating group) is 1. The number of nitrogen functional groups attached to an aromatic ring is 1. The van der Waals surface area contributed by atoms with Gasteiger partial charge < -0.3 is 9.80 Å². The molecule has 1 aliphatic heterocycles. The van der Waals surface area contributed by atoms with Crippen molar-refractivity contribution in [3.8, 4) is 0 Å². The molecular formula is C9H15ClN6. The third-order valence-electron chi connectivity index (χ3n) is 2.66. The van der Waals surface area contributed by atoms with Crippen LogP contribution in [0.4, 0.5) is 11.8 Å². The molecule has 1 saturated heterocycles. The fraction of sp³-hybridized carbons (Fsp3) is 0.556. The number of nitrogens with one attached hydrogen (secondary N) is 1. The Morgan fingerprint density at radius 1 is 1.38 bits per heavy atom. The third kappa shape index (κ3) is 2.34. The summed E-state index contributed by atoms with van der Waals surface area (Å²) < 4.78 is 0. The van der Waals surface area contributed by atoms with E-state index in [0.717, 1.165) is 32.0 Å². The summed E-state index contributed by atoms with van der Waals surface area (Å²) in [5.41, 5.74) is 2.42. The normalized spacial score (nSPS) is 17.6. The van der Waals surface area contributed by atoms with Crippen molar-refractivity contribution in [3.05, 3.63) is 11.2 Å². The van der Waals surface area contributed by atoms with Crippen molar-refractivity contribution in [1.29, 1.82) is 0 Å². The van der Waals surface area contributed by atoms with Crippen molar-refractivity contribution in [2.45, 2.75) is 0 Å². The molecule has 0 radical (unpaired) electrons. The Morgan fingerprint density at radius 2 is 2.06 bits per heavy atom. The van der Waals surface area contributed by atoms with Crippen molar-refractivity contribution in [2.24, 2.45) is 5.84 Å². The Kier molecular flexibility index (Phi) is 3.42. The highest BCUT2D eigenvalue weighted by atomic mass is 35.5. The number of rotatable bonds is 2. The van der Waals surface area contributed by atoms with Gasteiger partial charge in [0.1, 0.15) is 5.02 Å². The molecule has 0 aromatic carbocycles. The monoisotopic (exact) mass is 242 g/mol. The summed E-state index contributed by atoms with van der Waals surface area (Å²) in [6.45, 7) is 3.84. The molecule has 0 aliphatic carbocycles. The summed E-state index contributed by atoms with van der Waals surface area (Å²) in [4.78, 5) is 12.6.